The molecule has 0 atom stereocenters. The Morgan fingerprint density at radius 2 is 1.76 bits per heavy atom. The van der Waals surface area contributed by atoms with Crippen LogP contribution < -0.4 is 10.1 Å². The number of nitriles is 1. The molecule has 5 rings (SSSR count). The number of aromatic nitrogens is 2. The summed E-state index contributed by atoms with van der Waals surface area (Å²) in [5.74, 6) is -0.533. The third kappa shape index (κ3) is 3.57. The number of para-hydroxylation sites is 1. The number of ether oxygens (including phenoxy) is 1. The molecule has 0 aliphatic heterocycles. The fraction of sp³-hybridized carbons (Fsp3) is 0.0741. The monoisotopic (exact) mass is 448 g/mol. The molecule has 0 bridgehead atoms. The maximum absolute atomic E-state index is 12.9. The van der Waals surface area contributed by atoms with Gasteiger partial charge in [0.25, 0.3) is 5.91 Å². The van der Waals surface area contributed by atoms with Gasteiger partial charge in [-0.3, -0.25) is 4.79 Å². The predicted molar refractivity (Wildman–Crippen MR) is 129 cm³/mol. The van der Waals surface area contributed by atoms with E-state index < -0.39 is 17.2 Å². The van der Waals surface area contributed by atoms with Crippen molar-refractivity contribution in [2.24, 2.45) is 0 Å². The Kier molecular flexibility index (Phi) is 5.32. The number of fused-ring (bicyclic) bond motifs is 3. The highest BCUT2D eigenvalue weighted by molar-refractivity contribution is 6.11. The zero-order chi connectivity index (χ0) is 23.7. The van der Waals surface area contributed by atoms with Crippen LogP contribution in [0.25, 0.3) is 22.7 Å². The lowest BCUT2D eigenvalue weighted by atomic mass is 10.1. The van der Waals surface area contributed by atoms with E-state index in [-0.39, 0.29) is 5.69 Å². The van der Waals surface area contributed by atoms with E-state index in [4.69, 9.17) is 4.74 Å². The first-order valence-electron chi connectivity index (χ1n) is 10.7. The first kappa shape index (κ1) is 21.0. The first-order valence-corrected chi connectivity index (χ1v) is 10.7. The number of nitrogens with one attached hydrogen (secondary N) is 1. The molecule has 1 aliphatic carbocycles. The Labute approximate surface area is 196 Å². The number of nitrogens with zero attached hydrogens (tertiary/aromatic N) is 3. The topological polar surface area (TPSA) is 100 Å². The van der Waals surface area contributed by atoms with Crippen molar-refractivity contribution in [1.82, 2.24) is 9.78 Å². The molecule has 4 aromatic rings. The fourth-order valence-electron chi connectivity index (χ4n) is 4.13. The summed E-state index contributed by atoms with van der Waals surface area (Å²) < 4.78 is 6.88. The van der Waals surface area contributed by atoms with Crippen molar-refractivity contribution in [3.63, 3.8) is 0 Å². The van der Waals surface area contributed by atoms with Crippen LogP contribution in [-0.4, -0.2) is 27.9 Å². The van der Waals surface area contributed by atoms with Crippen LogP contribution in [0.3, 0.4) is 0 Å². The number of aliphatic hydroxyl groups excluding tert-OH is 1. The van der Waals surface area contributed by atoms with Crippen LogP contribution in [0.5, 0.6) is 5.75 Å². The van der Waals surface area contributed by atoms with E-state index in [0.717, 1.165) is 28.1 Å². The van der Waals surface area contributed by atoms with Gasteiger partial charge in [0.15, 0.2) is 11.3 Å². The van der Waals surface area contributed by atoms with Crippen molar-refractivity contribution < 1.29 is 14.6 Å². The summed E-state index contributed by atoms with van der Waals surface area (Å²) >= 11 is 0. The molecule has 7 nitrogen and oxygen atoms in total. The number of methoxy groups -OCH3 is 1. The molecule has 166 valence electrons. The number of hydrogen-bond acceptors (Lipinski definition) is 5. The Hall–Kier alpha value is -4.83. The van der Waals surface area contributed by atoms with Crippen molar-refractivity contribution >= 4 is 17.4 Å². The normalized spacial score (nSPS) is 12.2. The molecule has 7 heteroatoms. The highest BCUT2D eigenvalue weighted by Gasteiger charge is 2.31. The van der Waals surface area contributed by atoms with Gasteiger partial charge in [0, 0.05) is 23.2 Å². The quantitative estimate of drug-likeness (QED) is 0.227. The summed E-state index contributed by atoms with van der Waals surface area (Å²) in [4.78, 5) is 12.9. The Balaban J connectivity index is 1.59. The molecular weight excluding hydrogens is 428 g/mol. The van der Waals surface area contributed by atoms with Crippen molar-refractivity contribution in [3.8, 4) is 28.8 Å². The average molecular weight is 448 g/mol. The molecule has 1 amide bonds. The van der Waals surface area contributed by atoms with Gasteiger partial charge in [-0.1, -0.05) is 42.5 Å². The molecule has 0 radical (unpaired) electrons. The molecule has 0 saturated carbocycles. The zero-order valence-corrected chi connectivity index (χ0v) is 18.3. The second-order valence-electron chi connectivity index (χ2n) is 7.78. The fourth-order valence-corrected chi connectivity index (χ4v) is 4.13. The molecule has 3 aromatic carbocycles. The van der Waals surface area contributed by atoms with Gasteiger partial charge in [-0.2, -0.15) is 10.4 Å². The minimum Gasteiger partial charge on any atom is -0.504 e. The van der Waals surface area contributed by atoms with E-state index >= 15 is 0 Å². The molecule has 0 unspecified atom stereocenters. The van der Waals surface area contributed by atoms with Gasteiger partial charge in [-0.15, -0.1) is 0 Å². The van der Waals surface area contributed by atoms with E-state index in [2.05, 4.69) is 10.4 Å². The van der Waals surface area contributed by atoms with Crippen LogP contribution in [0, 0.1) is 11.3 Å². The van der Waals surface area contributed by atoms with E-state index in [0.29, 0.717) is 17.9 Å². The number of anilines is 1. The number of benzene rings is 3. The molecule has 1 heterocycles. The van der Waals surface area contributed by atoms with Crippen LogP contribution in [0.4, 0.5) is 5.69 Å². The zero-order valence-electron chi connectivity index (χ0n) is 18.3. The molecule has 1 aromatic heterocycles. The average Bonchev–Trinajstić information content (AvgIpc) is 3.43. The predicted octanol–water partition coefficient (Wildman–Crippen LogP) is 4.88. The van der Waals surface area contributed by atoms with E-state index in [9.17, 15) is 15.2 Å². The number of aliphatic hydroxyl groups is 1. The summed E-state index contributed by atoms with van der Waals surface area (Å²) in [5, 5.41) is 28.2. The lowest BCUT2D eigenvalue weighted by Gasteiger charge is -2.08. The van der Waals surface area contributed by atoms with Gasteiger partial charge in [0.2, 0.25) is 0 Å². The minimum absolute atomic E-state index is 0.219. The van der Waals surface area contributed by atoms with Crippen LogP contribution in [0.1, 0.15) is 16.8 Å². The van der Waals surface area contributed by atoms with Gasteiger partial charge in [0.1, 0.15) is 17.5 Å². The van der Waals surface area contributed by atoms with Gasteiger partial charge < -0.3 is 15.2 Å². The number of rotatable bonds is 5. The lowest BCUT2D eigenvalue weighted by molar-refractivity contribution is -0.112. The van der Waals surface area contributed by atoms with Crippen LogP contribution >= 0.6 is 0 Å². The second kappa shape index (κ2) is 8.60. The molecule has 1 aliphatic rings. The van der Waals surface area contributed by atoms with E-state index in [1.165, 1.54) is 0 Å². The third-order valence-corrected chi connectivity index (χ3v) is 5.77. The SMILES string of the molecule is COc1ccc(NC(=O)C(C#N)=C(O)c2nn(-c3ccccc3)c3c2Cc2ccccc2-3)cc1. The number of amides is 1. The van der Waals surface area contributed by atoms with E-state index in [1.54, 1.807) is 36.1 Å². The van der Waals surface area contributed by atoms with E-state index in [1.807, 2.05) is 60.7 Å². The molecule has 0 spiro atoms. The Morgan fingerprint density at radius 1 is 1.06 bits per heavy atom. The maximum atomic E-state index is 12.9. The molecule has 2 N–H and O–H groups in total. The number of carbonyl (C=O) groups is 1. The molecule has 34 heavy (non-hydrogen) atoms. The number of carbonyl (C=O) groups excluding carboxylic acids is 1. The van der Waals surface area contributed by atoms with Gasteiger partial charge in [-0.25, -0.2) is 4.68 Å². The number of hydrogen-bond donors (Lipinski definition) is 2. The summed E-state index contributed by atoms with van der Waals surface area (Å²) in [5.41, 5.74) is 4.81. The summed E-state index contributed by atoms with van der Waals surface area (Å²) in [7, 11) is 1.55. The molecular formula is C27H20N4O3. The summed E-state index contributed by atoms with van der Waals surface area (Å²) in [6.45, 7) is 0. The van der Waals surface area contributed by atoms with Gasteiger partial charge >= 0.3 is 0 Å². The van der Waals surface area contributed by atoms with Crippen LogP contribution in [0.15, 0.2) is 84.4 Å². The molecule has 0 saturated heterocycles. The third-order valence-electron chi connectivity index (χ3n) is 5.77. The Bertz CT molecular complexity index is 1460. The smallest absolute Gasteiger partial charge is 0.270 e. The molecule has 0 fully saturated rings. The summed E-state index contributed by atoms with van der Waals surface area (Å²) in [6, 6.07) is 26.0. The van der Waals surface area contributed by atoms with Crippen LogP contribution in [-0.2, 0) is 11.2 Å². The van der Waals surface area contributed by atoms with Crippen molar-refractivity contribution in [3.05, 3.63) is 101 Å². The standard InChI is InChI=1S/C27H20N4O3/c1-34-20-13-11-18(12-14-20)29-27(33)23(16-28)26(32)24-22-15-17-7-5-6-10-21(17)25(22)31(30-24)19-8-3-2-4-9-19/h2-14,32H,15H2,1H3,(H,29,33). The van der Waals surface area contributed by atoms with Crippen molar-refractivity contribution in [1.29, 1.82) is 5.26 Å². The van der Waals surface area contributed by atoms with Crippen LogP contribution in [0.2, 0.25) is 0 Å². The second-order valence-corrected chi connectivity index (χ2v) is 7.78. The summed E-state index contributed by atoms with van der Waals surface area (Å²) in [6.07, 6.45) is 0.538. The highest BCUT2D eigenvalue weighted by Crippen LogP contribution is 2.41. The maximum Gasteiger partial charge on any atom is 0.270 e. The van der Waals surface area contributed by atoms with Crippen molar-refractivity contribution in [2.45, 2.75) is 6.42 Å². The van der Waals surface area contributed by atoms with Crippen molar-refractivity contribution in [2.75, 3.05) is 12.4 Å². The minimum atomic E-state index is -0.719. The van der Waals surface area contributed by atoms with Gasteiger partial charge in [0.05, 0.1) is 18.5 Å². The van der Waals surface area contributed by atoms with Gasteiger partial charge in [-0.05, 0) is 42.0 Å². The highest BCUT2D eigenvalue weighted by atomic mass is 16.5. The largest absolute Gasteiger partial charge is 0.504 e. The lowest BCUT2D eigenvalue weighted by Crippen LogP contribution is -2.15. The first-order chi connectivity index (χ1) is 16.6. The Morgan fingerprint density at radius 3 is 2.47 bits per heavy atom.